The SMILES string of the molecule is Cc1ccc(-c2ccc(C(C)(C)C)cc2)c2cc(C(C)C)[cH-]c12.Cc1ccc(-c2ccc(C(C)(C)C)cc2)c2cc(C(C)C)[cH-]c12.[CH2-]C.[Cl][Zr][Cl]. The molecule has 0 amide bonds. The Morgan fingerprint density at radius 3 is 1.08 bits per heavy atom. The molecule has 0 aliphatic heterocycles. The van der Waals surface area contributed by atoms with E-state index in [9.17, 15) is 0 Å². The number of fused-ring (bicyclic) bond motifs is 2. The van der Waals surface area contributed by atoms with Crippen LogP contribution in [0.1, 0.15) is 121 Å². The van der Waals surface area contributed by atoms with E-state index < -0.39 is 20.8 Å². The van der Waals surface area contributed by atoms with Crippen LogP contribution in [0.2, 0.25) is 0 Å². The maximum absolute atomic E-state index is 4.93. The van der Waals surface area contributed by atoms with Crippen molar-refractivity contribution < 1.29 is 20.8 Å². The van der Waals surface area contributed by atoms with Gasteiger partial charge in [-0.3, -0.25) is 0 Å². The van der Waals surface area contributed by atoms with Gasteiger partial charge in [0.05, 0.1) is 0 Å². The quantitative estimate of drug-likeness (QED) is 0.156. The molecule has 0 nitrogen and oxygen atoms in total. The van der Waals surface area contributed by atoms with Crippen LogP contribution in [0.25, 0.3) is 43.8 Å². The number of hydrogen-bond donors (Lipinski definition) is 0. The second-order valence-electron chi connectivity index (χ2n) is 16.1. The number of rotatable bonds is 4. The Labute approximate surface area is 329 Å². The van der Waals surface area contributed by atoms with Crippen molar-refractivity contribution in [2.45, 2.75) is 113 Å². The summed E-state index contributed by atoms with van der Waals surface area (Å²) in [5.41, 5.74) is 14.1. The summed E-state index contributed by atoms with van der Waals surface area (Å²) in [6.45, 7) is 32.0. The van der Waals surface area contributed by atoms with Crippen molar-refractivity contribution in [3.05, 3.63) is 137 Å². The van der Waals surface area contributed by atoms with E-state index >= 15 is 0 Å². The van der Waals surface area contributed by atoms with E-state index in [0.717, 1.165) is 0 Å². The summed E-state index contributed by atoms with van der Waals surface area (Å²) in [4.78, 5) is 0. The van der Waals surface area contributed by atoms with Gasteiger partial charge in [0.1, 0.15) is 0 Å². The van der Waals surface area contributed by atoms with Crippen LogP contribution in [0.4, 0.5) is 0 Å². The van der Waals surface area contributed by atoms with Gasteiger partial charge in [0.25, 0.3) is 0 Å². The van der Waals surface area contributed by atoms with E-state index in [1.807, 2.05) is 0 Å². The summed E-state index contributed by atoms with van der Waals surface area (Å²) in [5, 5.41) is 5.56. The fraction of sp³-hybridized carbons (Fsp3) is 0.354. The Balaban J connectivity index is 0.000000245. The first-order valence-corrected chi connectivity index (χ1v) is 24.6. The molecule has 0 heterocycles. The van der Waals surface area contributed by atoms with Crippen LogP contribution >= 0.6 is 17.0 Å². The zero-order valence-electron chi connectivity index (χ0n) is 33.4. The van der Waals surface area contributed by atoms with Crippen molar-refractivity contribution in [2.75, 3.05) is 0 Å². The zero-order chi connectivity index (χ0) is 38.3. The van der Waals surface area contributed by atoms with Gasteiger partial charge < -0.3 is 6.92 Å². The third-order valence-electron chi connectivity index (χ3n) is 9.71. The summed E-state index contributed by atoms with van der Waals surface area (Å²) in [5.74, 6) is 1.14. The third-order valence-corrected chi connectivity index (χ3v) is 9.71. The molecule has 0 saturated heterocycles. The van der Waals surface area contributed by atoms with Gasteiger partial charge in [-0.25, -0.2) is 0 Å². The summed E-state index contributed by atoms with van der Waals surface area (Å²) < 4.78 is 0. The zero-order valence-corrected chi connectivity index (χ0v) is 37.3. The Morgan fingerprint density at radius 2 is 0.824 bits per heavy atom. The molecule has 6 aromatic rings. The van der Waals surface area contributed by atoms with Crippen LogP contribution < -0.4 is 0 Å². The van der Waals surface area contributed by atoms with Crippen molar-refractivity contribution in [2.24, 2.45) is 0 Å². The Bertz CT molecular complexity index is 1820. The van der Waals surface area contributed by atoms with Crippen molar-refractivity contribution >= 4 is 38.6 Å². The van der Waals surface area contributed by atoms with Gasteiger partial charge >= 0.3 is 37.9 Å². The van der Waals surface area contributed by atoms with Crippen LogP contribution in [0.5, 0.6) is 0 Å². The predicted octanol–water partition coefficient (Wildman–Crippen LogP) is 16.1. The van der Waals surface area contributed by atoms with Crippen LogP contribution in [0.3, 0.4) is 0 Å². The number of hydrogen-bond acceptors (Lipinski definition) is 0. The molecule has 6 rings (SSSR count). The summed E-state index contributed by atoms with van der Waals surface area (Å²) >= 11 is -0.826. The number of benzene rings is 4. The molecule has 0 aliphatic rings. The maximum atomic E-state index is 4.93. The first-order valence-electron chi connectivity index (χ1n) is 18.2. The Kier molecular flexibility index (Phi) is 15.6. The van der Waals surface area contributed by atoms with Gasteiger partial charge in [0, 0.05) is 0 Å². The molecule has 0 aliphatic carbocycles. The molecular weight excluding hydrogens is 739 g/mol. The van der Waals surface area contributed by atoms with Gasteiger partial charge in [-0.1, -0.05) is 155 Å². The topological polar surface area (TPSA) is 0 Å². The van der Waals surface area contributed by atoms with E-state index in [0.29, 0.717) is 11.8 Å². The first kappa shape index (κ1) is 43.0. The Morgan fingerprint density at radius 1 is 0.529 bits per heavy atom. The summed E-state index contributed by atoms with van der Waals surface area (Å²) in [7, 11) is 9.87. The molecule has 0 fully saturated rings. The van der Waals surface area contributed by atoms with Crippen molar-refractivity contribution in [3.8, 4) is 22.3 Å². The fourth-order valence-electron chi connectivity index (χ4n) is 6.40. The fourth-order valence-corrected chi connectivity index (χ4v) is 6.40. The van der Waals surface area contributed by atoms with Crippen LogP contribution in [-0.4, -0.2) is 0 Å². The molecule has 272 valence electrons. The van der Waals surface area contributed by atoms with E-state index in [2.05, 4.69) is 187 Å². The third kappa shape index (κ3) is 10.8. The molecule has 0 spiro atoms. The molecule has 0 N–H and O–H groups in total. The van der Waals surface area contributed by atoms with Crippen LogP contribution in [0, 0.1) is 20.8 Å². The minimum absolute atomic E-state index is 0.201. The normalized spacial score (nSPS) is 11.5. The van der Waals surface area contributed by atoms with Gasteiger partial charge in [-0.05, 0) is 44.9 Å². The molecule has 0 saturated carbocycles. The van der Waals surface area contributed by atoms with Gasteiger partial charge in [0.2, 0.25) is 0 Å². The van der Waals surface area contributed by atoms with Gasteiger partial charge in [0.15, 0.2) is 0 Å². The average molecular weight is 798 g/mol. The molecule has 0 bridgehead atoms. The Hall–Kier alpha value is -2.44. The summed E-state index contributed by atoms with van der Waals surface area (Å²) in [6, 6.07) is 36.7. The van der Waals surface area contributed by atoms with Crippen LogP contribution in [0.15, 0.2) is 97.1 Å². The molecule has 0 radical (unpaired) electrons. The monoisotopic (exact) mass is 795 g/mol. The van der Waals surface area contributed by atoms with E-state index in [1.54, 1.807) is 6.92 Å². The second-order valence-corrected chi connectivity index (χ2v) is 19.9. The molecule has 0 atom stereocenters. The molecule has 3 heteroatoms. The van der Waals surface area contributed by atoms with E-state index in [1.165, 1.54) is 77.2 Å². The molecular formula is C48H59Cl2Zr-3. The molecule has 0 aromatic heterocycles. The second kappa shape index (κ2) is 18.5. The first-order chi connectivity index (χ1) is 24.0. The van der Waals surface area contributed by atoms with Gasteiger partial charge in [-0.2, -0.15) is 19.1 Å². The standard InChI is InChI=1S/2C23H27.C2H5.2ClH.Zr/c2*1-15(2)18-13-21-16(3)7-12-20(22(21)14-18)17-8-10-19(11-9-17)23(4,5)6;1-2;;;/h2*7-15H,1-6H3;1H2,2H3;2*1H;/q3*-1;;;+2/p-2. The van der Waals surface area contributed by atoms with E-state index in [-0.39, 0.29) is 10.8 Å². The molecule has 6 aromatic carbocycles. The van der Waals surface area contributed by atoms with Gasteiger partial charge in [-0.15, -0.1) is 68.1 Å². The van der Waals surface area contributed by atoms with Crippen molar-refractivity contribution in [1.29, 1.82) is 0 Å². The molecule has 51 heavy (non-hydrogen) atoms. The van der Waals surface area contributed by atoms with Crippen molar-refractivity contribution in [1.82, 2.24) is 0 Å². The summed E-state index contributed by atoms with van der Waals surface area (Å²) in [6.07, 6.45) is 0. The average Bonchev–Trinajstić information content (AvgIpc) is 3.74. The number of aryl methyl sites for hydroxylation is 2. The molecule has 0 unspecified atom stereocenters. The van der Waals surface area contributed by atoms with Crippen LogP contribution in [-0.2, 0) is 31.7 Å². The number of halogens is 2. The van der Waals surface area contributed by atoms with E-state index in [4.69, 9.17) is 17.0 Å². The van der Waals surface area contributed by atoms with Crippen molar-refractivity contribution in [3.63, 3.8) is 0 Å². The minimum atomic E-state index is -0.826. The predicted molar refractivity (Wildman–Crippen MR) is 228 cm³/mol.